The minimum Gasteiger partial charge on any atom is -0.492 e. The van der Waals surface area contributed by atoms with Crippen LogP contribution in [0.4, 0.5) is 11.4 Å². The van der Waals surface area contributed by atoms with Crippen LogP contribution in [-0.2, 0) is 14.4 Å². The van der Waals surface area contributed by atoms with Crippen LogP contribution in [0.15, 0.2) is 88.7 Å². The molecule has 0 radical (unpaired) electrons. The minimum absolute atomic E-state index is 0.187. The van der Waals surface area contributed by atoms with E-state index in [9.17, 15) is 14.4 Å². The molecule has 33 heavy (non-hydrogen) atoms. The Morgan fingerprint density at radius 3 is 2.24 bits per heavy atom. The second-order valence-corrected chi connectivity index (χ2v) is 8.31. The van der Waals surface area contributed by atoms with Crippen molar-refractivity contribution in [3.63, 3.8) is 0 Å². The van der Waals surface area contributed by atoms with Gasteiger partial charge in [0.25, 0.3) is 11.8 Å². The summed E-state index contributed by atoms with van der Waals surface area (Å²) in [6.07, 6.45) is 0. The van der Waals surface area contributed by atoms with Gasteiger partial charge in [0.1, 0.15) is 5.75 Å². The molecule has 0 bridgehead atoms. The predicted octanol–water partition coefficient (Wildman–Crippen LogP) is 5.12. The zero-order chi connectivity index (χ0) is 23.4. The molecule has 0 aliphatic carbocycles. The van der Waals surface area contributed by atoms with Crippen molar-refractivity contribution in [2.45, 2.75) is 18.7 Å². The van der Waals surface area contributed by atoms with E-state index in [0.717, 1.165) is 4.90 Å². The number of thioether (sulfide) groups is 1. The van der Waals surface area contributed by atoms with Gasteiger partial charge in [-0.2, -0.15) is 0 Å². The molecule has 0 aromatic heterocycles. The highest BCUT2D eigenvalue weighted by Crippen LogP contribution is 2.43. The first-order chi connectivity index (χ1) is 16.0. The van der Waals surface area contributed by atoms with E-state index in [4.69, 9.17) is 4.74 Å². The molecule has 1 aliphatic heterocycles. The molecule has 0 fully saturated rings. The lowest BCUT2D eigenvalue weighted by Gasteiger charge is -2.19. The maximum atomic E-state index is 13.6. The lowest BCUT2D eigenvalue weighted by atomic mass is 10.1. The Morgan fingerprint density at radius 2 is 1.58 bits per heavy atom. The van der Waals surface area contributed by atoms with Gasteiger partial charge in [-0.1, -0.05) is 54.2 Å². The van der Waals surface area contributed by atoms with E-state index in [2.05, 4.69) is 5.32 Å². The lowest BCUT2D eigenvalue weighted by molar-refractivity contribution is -0.120. The zero-order valence-electron chi connectivity index (χ0n) is 18.2. The Hall–Kier alpha value is -3.84. The number of hydrogen-bond acceptors (Lipinski definition) is 5. The number of carbonyl (C=O) groups is 3. The zero-order valence-corrected chi connectivity index (χ0v) is 19.0. The highest BCUT2D eigenvalue weighted by Gasteiger charge is 2.41. The van der Waals surface area contributed by atoms with E-state index in [-0.39, 0.29) is 5.91 Å². The summed E-state index contributed by atoms with van der Waals surface area (Å²) >= 11 is 1.26. The number of rotatable bonds is 7. The maximum Gasteiger partial charge on any atom is 0.273 e. The summed E-state index contributed by atoms with van der Waals surface area (Å²) in [6.45, 7) is 3.68. The molecule has 166 valence electrons. The molecular weight excluding hydrogens is 436 g/mol. The van der Waals surface area contributed by atoms with Crippen molar-refractivity contribution in [3.8, 4) is 5.75 Å². The first-order valence-electron chi connectivity index (χ1n) is 10.5. The van der Waals surface area contributed by atoms with Crippen LogP contribution in [0.25, 0.3) is 5.57 Å². The second kappa shape index (κ2) is 9.75. The number of hydrogen-bond donors (Lipinski definition) is 1. The average Bonchev–Trinajstić information content (AvgIpc) is 3.05. The third-order valence-electron chi connectivity index (χ3n) is 4.90. The van der Waals surface area contributed by atoms with Gasteiger partial charge in [0, 0.05) is 17.5 Å². The molecule has 3 aromatic carbocycles. The summed E-state index contributed by atoms with van der Waals surface area (Å²) in [6, 6.07) is 23.3. The SMILES string of the molecule is CCOc1ccccc1N1C(=O)C(Sc2ccccc2)=C(c2ccc(NC(C)=O)cc2)C1=O. The normalized spacial score (nSPS) is 13.5. The molecule has 3 amide bonds. The van der Waals surface area contributed by atoms with Gasteiger partial charge in [0.05, 0.1) is 22.8 Å². The Morgan fingerprint density at radius 1 is 0.909 bits per heavy atom. The molecule has 0 unspecified atom stereocenters. The molecule has 4 rings (SSSR count). The standard InChI is InChI=1S/C26H22N2O4S/c1-3-32-22-12-8-7-11-21(22)28-25(30)23(18-13-15-19(16-14-18)27-17(2)29)24(26(28)31)33-20-9-5-4-6-10-20/h4-16H,3H2,1-2H3,(H,27,29). The van der Waals surface area contributed by atoms with E-state index in [1.807, 2.05) is 37.3 Å². The van der Waals surface area contributed by atoms with Crippen molar-refractivity contribution in [1.29, 1.82) is 0 Å². The molecule has 1 heterocycles. The minimum atomic E-state index is -0.419. The van der Waals surface area contributed by atoms with Gasteiger partial charge in [-0.15, -0.1) is 0 Å². The summed E-state index contributed by atoms with van der Waals surface area (Å²) < 4.78 is 5.68. The first kappa shape index (κ1) is 22.4. The van der Waals surface area contributed by atoms with Gasteiger partial charge in [-0.3, -0.25) is 14.4 Å². The number of para-hydroxylation sites is 2. The summed E-state index contributed by atoms with van der Waals surface area (Å²) in [5.74, 6) is -0.541. The number of imide groups is 1. The van der Waals surface area contributed by atoms with E-state index in [1.54, 1.807) is 48.5 Å². The number of benzene rings is 3. The fourth-order valence-electron chi connectivity index (χ4n) is 3.53. The van der Waals surface area contributed by atoms with Crippen LogP contribution in [0.2, 0.25) is 0 Å². The van der Waals surface area contributed by atoms with E-state index >= 15 is 0 Å². The summed E-state index contributed by atoms with van der Waals surface area (Å²) in [4.78, 5) is 40.9. The van der Waals surface area contributed by atoms with Crippen LogP contribution in [0.5, 0.6) is 5.75 Å². The Bertz CT molecular complexity index is 1240. The van der Waals surface area contributed by atoms with E-state index < -0.39 is 11.8 Å². The highest BCUT2D eigenvalue weighted by molar-refractivity contribution is 8.04. The fourth-order valence-corrected chi connectivity index (χ4v) is 4.54. The van der Waals surface area contributed by atoms with Gasteiger partial charge in [0.2, 0.25) is 5.91 Å². The summed E-state index contributed by atoms with van der Waals surface area (Å²) in [5.41, 5.74) is 1.93. The highest BCUT2D eigenvalue weighted by atomic mass is 32.2. The monoisotopic (exact) mass is 458 g/mol. The molecule has 0 spiro atoms. The molecule has 6 nitrogen and oxygen atoms in total. The van der Waals surface area contributed by atoms with Crippen LogP contribution in [0.1, 0.15) is 19.4 Å². The van der Waals surface area contributed by atoms with Gasteiger partial charge in [0.15, 0.2) is 0 Å². The topological polar surface area (TPSA) is 75.7 Å². The average molecular weight is 459 g/mol. The third kappa shape index (κ3) is 4.68. The van der Waals surface area contributed by atoms with Gasteiger partial charge < -0.3 is 10.1 Å². The van der Waals surface area contributed by atoms with Crippen molar-refractivity contribution in [3.05, 3.63) is 89.3 Å². The smallest absolute Gasteiger partial charge is 0.273 e. The first-order valence-corrected chi connectivity index (χ1v) is 11.3. The second-order valence-electron chi connectivity index (χ2n) is 7.22. The van der Waals surface area contributed by atoms with Crippen LogP contribution >= 0.6 is 11.8 Å². The van der Waals surface area contributed by atoms with E-state index in [1.165, 1.54) is 23.6 Å². The molecule has 0 atom stereocenters. The fraction of sp³-hybridized carbons (Fsp3) is 0.115. The molecular formula is C26H22N2O4S. The molecule has 1 N–H and O–H groups in total. The summed E-state index contributed by atoms with van der Waals surface area (Å²) in [5, 5.41) is 2.71. The van der Waals surface area contributed by atoms with Crippen LogP contribution in [-0.4, -0.2) is 24.3 Å². The van der Waals surface area contributed by atoms with Crippen molar-refractivity contribution in [2.75, 3.05) is 16.8 Å². The molecule has 1 aliphatic rings. The number of nitrogens with zero attached hydrogens (tertiary/aromatic N) is 1. The van der Waals surface area contributed by atoms with Gasteiger partial charge in [-0.05, 0) is 48.9 Å². The van der Waals surface area contributed by atoms with Gasteiger partial charge in [-0.25, -0.2) is 4.90 Å². The lowest BCUT2D eigenvalue weighted by Crippen LogP contribution is -2.31. The van der Waals surface area contributed by atoms with Crippen molar-refractivity contribution < 1.29 is 19.1 Å². The van der Waals surface area contributed by atoms with Crippen LogP contribution in [0.3, 0.4) is 0 Å². The third-order valence-corrected chi connectivity index (χ3v) is 6.00. The molecule has 0 saturated carbocycles. The Balaban J connectivity index is 1.79. The molecule has 0 saturated heterocycles. The Kier molecular flexibility index (Phi) is 6.60. The summed E-state index contributed by atoms with van der Waals surface area (Å²) in [7, 11) is 0. The predicted molar refractivity (Wildman–Crippen MR) is 130 cm³/mol. The van der Waals surface area contributed by atoms with Crippen molar-refractivity contribution in [1.82, 2.24) is 0 Å². The van der Waals surface area contributed by atoms with Crippen molar-refractivity contribution in [2.24, 2.45) is 0 Å². The number of amides is 3. The number of anilines is 2. The van der Waals surface area contributed by atoms with E-state index in [0.29, 0.717) is 39.8 Å². The number of carbonyl (C=O) groups excluding carboxylic acids is 3. The quantitative estimate of drug-likeness (QED) is 0.498. The largest absolute Gasteiger partial charge is 0.492 e. The van der Waals surface area contributed by atoms with Crippen LogP contribution < -0.4 is 15.0 Å². The molecule has 3 aromatic rings. The number of nitrogens with one attached hydrogen (secondary N) is 1. The van der Waals surface area contributed by atoms with Crippen molar-refractivity contribution >= 4 is 46.4 Å². The Labute approximate surface area is 196 Å². The number of ether oxygens (including phenoxy) is 1. The van der Waals surface area contributed by atoms with Gasteiger partial charge >= 0.3 is 0 Å². The van der Waals surface area contributed by atoms with Crippen LogP contribution in [0, 0.1) is 0 Å². The molecule has 7 heteroatoms. The maximum absolute atomic E-state index is 13.6.